The molecule has 2 aromatic heterocycles. The molecule has 3 aromatic rings. The minimum absolute atomic E-state index is 0.0293. The topological polar surface area (TPSA) is 111 Å². The fourth-order valence-corrected chi connectivity index (χ4v) is 3.55. The maximum Gasteiger partial charge on any atom is 0.322 e. The van der Waals surface area contributed by atoms with E-state index in [9.17, 15) is 14.4 Å². The fraction of sp³-hybridized carbons (Fsp3) is 0.250. The monoisotopic (exact) mass is 413 g/mol. The molecule has 3 rings (SSSR count). The molecule has 0 fully saturated rings. The number of nitrogens with zero attached hydrogens (tertiary/aromatic N) is 2. The highest BCUT2D eigenvalue weighted by Gasteiger charge is 2.16. The molecule has 150 valence electrons. The van der Waals surface area contributed by atoms with Gasteiger partial charge < -0.3 is 9.15 Å². The molecule has 9 heteroatoms. The quantitative estimate of drug-likeness (QED) is 0.444. The molecule has 1 N–H and O–H groups in total. The first-order valence-electron chi connectivity index (χ1n) is 8.87. The number of nitrogens with one attached hydrogen (secondary N) is 1. The number of aromatic nitrogens is 2. The Morgan fingerprint density at radius 2 is 1.86 bits per heavy atom. The van der Waals surface area contributed by atoms with Crippen LogP contribution in [0.5, 0.6) is 0 Å². The second-order valence-corrected chi connectivity index (χ2v) is 7.70. The molecule has 1 amide bonds. The Labute approximate surface area is 170 Å². The van der Waals surface area contributed by atoms with E-state index < -0.39 is 18.5 Å². The number of rotatable bonds is 8. The zero-order valence-electron chi connectivity index (χ0n) is 15.9. The Kier molecular flexibility index (Phi) is 6.50. The van der Waals surface area contributed by atoms with Crippen LogP contribution in [0.25, 0.3) is 11.5 Å². The van der Waals surface area contributed by atoms with Gasteiger partial charge in [-0.05, 0) is 32.0 Å². The second kappa shape index (κ2) is 9.24. The van der Waals surface area contributed by atoms with Crippen molar-refractivity contribution in [3.63, 3.8) is 0 Å². The zero-order valence-corrected chi connectivity index (χ0v) is 16.7. The average molecular weight is 413 g/mol. The molecule has 29 heavy (non-hydrogen) atoms. The van der Waals surface area contributed by atoms with Gasteiger partial charge in [0, 0.05) is 27.3 Å². The summed E-state index contributed by atoms with van der Waals surface area (Å²) in [4.78, 5) is 37.8. The van der Waals surface area contributed by atoms with Crippen molar-refractivity contribution in [2.24, 2.45) is 0 Å². The summed E-state index contributed by atoms with van der Waals surface area (Å²) >= 11 is 1.54. The van der Waals surface area contributed by atoms with E-state index in [1.165, 1.54) is 11.3 Å². The standard InChI is InChI=1S/C20H19N3O5S/c1-12-10-15(13(2)29-12)16(24)8-9-18(26)27-11-17(25)21-20-23-22-19(28-20)14-6-4-3-5-7-14/h3-7,10H,8-9,11H2,1-2H3,(H,21,23,25). The predicted octanol–water partition coefficient (Wildman–Crippen LogP) is 3.56. The van der Waals surface area contributed by atoms with Crippen molar-refractivity contribution in [3.8, 4) is 11.5 Å². The number of Topliss-reactive ketones (excluding diaryl/α,β-unsaturated/α-hetero) is 1. The van der Waals surface area contributed by atoms with Crippen LogP contribution < -0.4 is 5.32 Å². The summed E-state index contributed by atoms with van der Waals surface area (Å²) in [5.74, 6) is -1.10. The molecule has 0 radical (unpaired) electrons. The number of aryl methyl sites for hydroxylation is 2. The van der Waals surface area contributed by atoms with Crippen LogP contribution in [0.15, 0.2) is 40.8 Å². The summed E-state index contributed by atoms with van der Waals surface area (Å²) in [6.07, 6.45) is -0.0687. The smallest absolute Gasteiger partial charge is 0.322 e. The average Bonchev–Trinajstić information content (AvgIpc) is 3.31. The molecule has 2 heterocycles. The number of ketones is 1. The molecular formula is C20H19N3O5S. The highest BCUT2D eigenvalue weighted by molar-refractivity contribution is 7.12. The Morgan fingerprint density at radius 3 is 2.55 bits per heavy atom. The van der Waals surface area contributed by atoms with Crippen molar-refractivity contribution in [2.75, 3.05) is 11.9 Å². The van der Waals surface area contributed by atoms with E-state index in [-0.39, 0.29) is 30.5 Å². The molecule has 0 saturated carbocycles. The van der Waals surface area contributed by atoms with Gasteiger partial charge in [-0.3, -0.25) is 19.7 Å². The number of carbonyl (C=O) groups excluding carboxylic acids is 3. The van der Waals surface area contributed by atoms with Crippen LogP contribution in [0.4, 0.5) is 6.01 Å². The highest BCUT2D eigenvalue weighted by Crippen LogP contribution is 2.22. The summed E-state index contributed by atoms with van der Waals surface area (Å²) < 4.78 is 10.2. The number of ether oxygens (including phenoxy) is 1. The Morgan fingerprint density at radius 1 is 1.10 bits per heavy atom. The number of benzene rings is 1. The molecule has 0 bridgehead atoms. The number of anilines is 1. The Bertz CT molecular complexity index is 1030. The maximum absolute atomic E-state index is 12.2. The summed E-state index contributed by atoms with van der Waals surface area (Å²) in [6, 6.07) is 10.8. The lowest BCUT2D eigenvalue weighted by Gasteiger charge is -2.04. The van der Waals surface area contributed by atoms with Gasteiger partial charge in [-0.25, -0.2) is 0 Å². The molecular weight excluding hydrogens is 394 g/mol. The van der Waals surface area contributed by atoms with Crippen LogP contribution in [-0.4, -0.2) is 34.5 Å². The fourth-order valence-electron chi connectivity index (χ4n) is 2.60. The number of hydrogen-bond acceptors (Lipinski definition) is 8. The van der Waals surface area contributed by atoms with E-state index in [0.717, 1.165) is 9.75 Å². The zero-order chi connectivity index (χ0) is 20.8. The van der Waals surface area contributed by atoms with Gasteiger partial charge >= 0.3 is 12.0 Å². The molecule has 0 saturated heterocycles. The third-order valence-electron chi connectivity index (χ3n) is 3.95. The van der Waals surface area contributed by atoms with Crippen molar-refractivity contribution in [1.29, 1.82) is 0 Å². The number of hydrogen-bond donors (Lipinski definition) is 1. The van der Waals surface area contributed by atoms with Gasteiger partial charge in [0.15, 0.2) is 12.4 Å². The number of carbonyl (C=O) groups is 3. The van der Waals surface area contributed by atoms with E-state index >= 15 is 0 Å². The largest absolute Gasteiger partial charge is 0.456 e. The van der Waals surface area contributed by atoms with Crippen molar-refractivity contribution >= 4 is 35.0 Å². The second-order valence-electron chi connectivity index (χ2n) is 6.24. The minimum Gasteiger partial charge on any atom is -0.456 e. The van der Waals surface area contributed by atoms with Crippen LogP contribution in [0.1, 0.15) is 33.0 Å². The Balaban J connectivity index is 1.42. The van der Waals surface area contributed by atoms with Gasteiger partial charge in [0.1, 0.15) is 0 Å². The van der Waals surface area contributed by atoms with E-state index in [0.29, 0.717) is 11.1 Å². The number of esters is 1. The van der Waals surface area contributed by atoms with Gasteiger partial charge in [-0.15, -0.1) is 16.4 Å². The predicted molar refractivity (Wildman–Crippen MR) is 107 cm³/mol. The van der Waals surface area contributed by atoms with Crippen LogP contribution >= 0.6 is 11.3 Å². The van der Waals surface area contributed by atoms with E-state index in [1.54, 1.807) is 12.1 Å². The van der Waals surface area contributed by atoms with E-state index in [4.69, 9.17) is 9.15 Å². The lowest BCUT2D eigenvalue weighted by atomic mass is 10.1. The SMILES string of the molecule is Cc1cc(C(=O)CCC(=O)OCC(=O)Nc2nnc(-c3ccccc3)o2)c(C)s1. The first kappa shape index (κ1) is 20.4. The van der Waals surface area contributed by atoms with E-state index in [2.05, 4.69) is 15.5 Å². The van der Waals surface area contributed by atoms with Crippen LogP contribution in [-0.2, 0) is 14.3 Å². The van der Waals surface area contributed by atoms with E-state index in [1.807, 2.05) is 38.1 Å². The van der Waals surface area contributed by atoms with Gasteiger partial charge in [-0.1, -0.05) is 23.3 Å². The Hall–Kier alpha value is -3.33. The molecule has 0 atom stereocenters. The van der Waals surface area contributed by atoms with Gasteiger partial charge in [0.05, 0.1) is 6.42 Å². The molecule has 0 aliphatic rings. The van der Waals surface area contributed by atoms with Crippen molar-refractivity contribution in [1.82, 2.24) is 10.2 Å². The molecule has 0 spiro atoms. The van der Waals surface area contributed by atoms with Crippen LogP contribution in [0.3, 0.4) is 0 Å². The summed E-state index contributed by atoms with van der Waals surface area (Å²) in [5.41, 5.74) is 1.34. The molecule has 0 aliphatic carbocycles. The molecule has 0 aliphatic heterocycles. The van der Waals surface area contributed by atoms with Crippen molar-refractivity contribution in [3.05, 3.63) is 51.7 Å². The molecule has 8 nitrogen and oxygen atoms in total. The van der Waals surface area contributed by atoms with Crippen LogP contribution in [0.2, 0.25) is 0 Å². The highest BCUT2D eigenvalue weighted by atomic mass is 32.1. The first-order valence-corrected chi connectivity index (χ1v) is 9.68. The van der Waals surface area contributed by atoms with Gasteiger partial charge in [0.2, 0.25) is 5.89 Å². The lowest BCUT2D eigenvalue weighted by Crippen LogP contribution is -2.21. The summed E-state index contributed by atoms with van der Waals surface area (Å²) in [7, 11) is 0. The summed E-state index contributed by atoms with van der Waals surface area (Å²) in [6.45, 7) is 3.29. The first-order chi connectivity index (χ1) is 13.9. The number of amides is 1. The summed E-state index contributed by atoms with van der Waals surface area (Å²) in [5, 5.41) is 9.94. The van der Waals surface area contributed by atoms with Gasteiger partial charge in [0.25, 0.3) is 5.91 Å². The normalized spacial score (nSPS) is 10.6. The minimum atomic E-state index is -0.631. The maximum atomic E-state index is 12.2. The van der Waals surface area contributed by atoms with Crippen LogP contribution in [0, 0.1) is 13.8 Å². The number of thiophene rings is 1. The van der Waals surface area contributed by atoms with Crippen molar-refractivity contribution in [2.45, 2.75) is 26.7 Å². The lowest BCUT2D eigenvalue weighted by molar-refractivity contribution is -0.147. The molecule has 0 unspecified atom stereocenters. The van der Waals surface area contributed by atoms with Crippen molar-refractivity contribution < 1.29 is 23.5 Å². The third kappa shape index (κ3) is 5.58. The van der Waals surface area contributed by atoms with Gasteiger partial charge in [-0.2, -0.15) is 0 Å². The third-order valence-corrected chi connectivity index (χ3v) is 4.92. The molecule has 1 aromatic carbocycles.